The second-order valence-corrected chi connectivity index (χ2v) is 5.17. The van der Waals surface area contributed by atoms with Gasteiger partial charge in [0.25, 0.3) is 10.1 Å². The van der Waals surface area contributed by atoms with Crippen molar-refractivity contribution in [1.29, 1.82) is 0 Å². The summed E-state index contributed by atoms with van der Waals surface area (Å²) < 4.78 is 61.4. The number of halogens is 2. The number of aromatic hydroxyl groups is 1. The molecule has 2 N–H and O–H groups in total. The molecule has 0 unspecified atom stereocenters. The molecule has 0 radical (unpaired) electrons. The molecule has 0 bridgehead atoms. The van der Waals surface area contributed by atoms with E-state index in [0.717, 1.165) is 0 Å². The van der Waals surface area contributed by atoms with Crippen LogP contribution in [0, 0.1) is 11.6 Å². The van der Waals surface area contributed by atoms with Gasteiger partial charge < -0.3 is 9.52 Å². The lowest BCUT2D eigenvalue weighted by Crippen LogP contribution is -2.07. The Morgan fingerprint density at radius 2 is 1.89 bits per heavy atom. The van der Waals surface area contributed by atoms with E-state index in [2.05, 4.69) is 4.42 Å². The third-order valence-electron chi connectivity index (χ3n) is 2.33. The van der Waals surface area contributed by atoms with Gasteiger partial charge in [-0.2, -0.15) is 12.8 Å². The summed E-state index contributed by atoms with van der Waals surface area (Å²) in [5.74, 6) is -5.24. The van der Waals surface area contributed by atoms with Gasteiger partial charge in [-0.15, -0.1) is 0 Å². The van der Waals surface area contributed by atoms with Crippen molar-refractivity contribution in [3.8, 4) is 5.75 Å². The number of benzene rings is 1. The molecule has 0 saturated carbocycles. The lowest BCUT2D eigenvalue weighted by atomic mass is 10.1. The van der Waals surface area contributed by atoms with Crippen LogP contribution in [0.4, 0.5) is 8.78 Å². The summed E-state index contributed by atoms with van der Waals surface area (Å²) in [5.41, 5.74) is -2.23. The maximum Gasteiger partial charge on any atom is 0.336 e. The molecule has 0 saturated heterocycles. The fourth-order valence-electron chi connectivity index (χ4n) is 1.60. The molecule has 0 spiro atoms. The Labute approximate surface area is 104 Å². The van der Waals surface area contributed by atoms with Crippen molar-refractivity contribution < 1.29 is 31.3 Å². The highest BCUT2D eigenvalue weighted by Crippen LogP contribution is 2.30. The number of rotatable bonds is 2. The molecule has 1 aromatic carbocycles. The summed E-state index contributed by atoms with van der Waals surface area (Å²) in [5, 5.41) is 8.67. The first kappa shape index (κ1) is 13.4. The van der Waals surface area contributed by atoms with Crippen LogP contribution in [0.15, 0.2) is 21.3 Å². The molecule has 1 aromatic heterocycles. The second kappa shape index (κ2) is 4.28. The smallest absolute Gasteiger partial charge is 0.336 e. The highest BCUT2D eigenvalue weighted by atomic mass is 32.2. The Morgan fingerprint density at radius 1 is 1.26 bits per heavy atom. The van der Waals surface area contributed by atoms with Crippen LogP contribution in [0.5, 0.6) is 5.75 Å². The topological polar surface area (TPSA) is 105 Å². The van der Waals surface area contributed by atoms with E-state index in [-0.39, 0.29) is 10.9 Å². The van der Waals surface area contributed by atoms with E-state index in [9.17, 15) is 22.0 Å². The minimum Gasteiger partial charge on any atom is -0.503 e. The predicted octanol–water partition coefficient (Wildman–Crippen LogP) is 1.16. The van der Waals surface area contributed by atoms with Crippen LogP contribution in [0.25, 0.3) is 11.0 Å². The molecule has 0 aliphatic heterocycles. The molecule has 19 heavy (non-hydrogen) atoms. The maximum absolute atomic E-state index is 13.5. The van der Waals surface area contributed by atoms with Crippen molar-refractivity contribution in [3.05, 3.63) is 39.8 Å². The predicted molar refractivity (Wildman–Crippen MR) is 59.3 cm³/mol. The van der Waals surface area contributed by atoms with Crippen molar-refractivity contribution in [2.45, 2.75) is 5.75 Å². The van der Waals surface area contributed by atoms with Crippen LogP contribution >= 0.6 is 0 Å². The Kier molecular flexibility index (Phi) is 3.03. The summed E-state index contributed by atoms with van der Waals surface area (Å²) in [6.45, 7) is 0. The van der Waals surface area contributed by atoms with Crippen molar-refractivity contribution in [2.75, 3.05) is 0 Å². The molecule has 2 rings (SSSR count). The van der Waals surface area contributed by atoms with E-state index >= 15 is 0 Å². The van der Waals surface area contributed by atoms with Crippen molar-refractivity contribution in [1.82, 2.24) is 0 Å². The van der Waals surface area contributed by atoms with Gasteiger partial charge in [0.2, 0.25) is 5.82 Å². The highest BCUT2D eigenvalue weighted by molar-refractivity contribution is 7.85. The lowest BCUT2D eigenvalue weighted by Gasteiger charge is -2.06. The zero-order valence-corrected chi connectivity index (χ0v) is 9.87. The molecule has 0 aliphatic carbocycles. The fourth-order valence-corrected chi connectivity index (χ4v) is 2.23. The first-order valence-electron chi connectivity index (χ1n) is 4.78. The molecule has 0 atom stereocenters. The number of hydrogen-bond acceptors (Lipinski definition) is 5. The SMILES string of the molecule is O=c1cc(CS(=O)(=O)O)c2cc(F)c(O)c(F)c2o1. The van der Waals surface area contributed by atoms with Crippen LogP contribution in [-0.2, 0) is 15.9 Å². The monoisotopic (exact) mass is 292 g/mol. The quantitative estimate of drug-likeness (QED) is 0.635. The number of fused-ring (bicyclic) bond motifs is 1. The van der Waals surface area contributed by atoms with E-state index < -0.39 is 44.5 Å². The van der Waals surface area contributed by atoms with Crippen molar-refractivity contribution in [3.63, 3.8) is 0 Å². The van der Waals surface area contributed by atoms with Gasteiger partial charge in [-0.25, -0.2) is 9.18 Å². The minimum atomic E-state index is -4.51. The van der Waals surface area contributed by atoms with Gasteiger partial charge in [0, 0.05) is 11.5 Å². The zero-order valence-electron chi connectivity index (χ0n) is 9.05. The van der Waals surface area contributed by atoms with Crippen LogP contribution in [0.1, 0.15) is 5.56 Å². The first-order chi connectivity index (χ1) is 8.69. The molecule has 0 amide bonds. The largest absolute Gasteiger partial charge is 0.503 e. The van der Waals surface area contributed by atoms with Crippen LogP contribution in [0.2, 0.25) is 0 Å². The van der Waals surface area contributed by atoms with Gasteiger partial charge in [0.05, 0.1) is 0 Å². The fraction of sp³-hybridized carbons (Fsp3) is 0.100. The first-order valence-corrected chi connectivity index (χ1v) is 6.39. The maximum atomic E-state index is 13.5. The van der Waals surface area contributed by atoms with Gasteiger partial charge in [0.15, 0.2) is 17.1 Å². The number of hydrogen-bond donors (Lipinski definition) is 2. The second-order valence-electron chi connectivity index (χ2n) is 3.71. The van der Waals surface area contributed by atoms with E-state index in [4.69, 9.17) is 9.66 Å². The minimum absolute atomic E-state index is 0.341. The normalized spacial score (nSPS) is 11.9. The van der Waals surface area contributed by atoms with Gasteiger partial charge >= 0.3 is 5.63 Å². The Hall–Kier alpha value is -2.00. The van der Waals surface area contributed by atoms with Gasteiger partial charge in [-0.3, -0.25) is 4.55 Å². The Morgan fingerprint density at radius 3 is 2.47 bits per heavy atom. The van der Waals surface area contributed by atoms with Crippen LogP contribution in [-0.4, -0.2) is 18.1 Å². The molecule has 0 aliphatic rings. The summed E-state index contributed by atoms with van der Waals surface area (Å²) in [4.78, 5) is 11.2. The van der Waals surface area contributed by atoms with E-state index in [0.29, 0.717) is 12.1 Å². The molecule has 1 heterocycles. The lowest BCUT2D eigenvalue weighted by molar-refractivity contribution is 0.392. The number of phenolic OH excluding ortho intramolecular Hbond substituents is 1. The van der Waals surface area contributed by atoms with Crippen LogP contribution in [0.3, 0.4) is 0 Å². The highest BCUT2D eigenvalue weighted by Gasteiger charge is 2.20. The van der Waals surface area contributed by atoms with Gasteiger partial charge in [0.1, 0.15) is 5.75 Å². The van der Waals surface area contributed by atoms with Crippen molar-refractivity contribution >= 4 is 21.1 Å². The zero-order chi connectivity index (χ0) is 14.4. The van der Waals surface area contributed by atoms with Gasteiger partial charge in [-0.05, 0) is 11.6 Å². The molecule has 0 fully saturated rings. The van der Waals surface area contributed by atoms with E-state index in [1.54, 1.807) is 0 Å². The molecular formula is C10H6F2O6S. The average Bonchev–Trinajstić information content (AvgIpc) is 2.26. The Bertz CT molecular complexity index is 824. The number of phenols is 1. The van der Waals surface area contributed by atoms with E-state index in [1.165, 1.54) is 0 Å². The molecule has 9 heteroatoms. The van der Waals surface area contributed by atoms with Crippen molar-refractivity contribution in [2.24, 2.45) is 0 Å². The summed E-state index contributed by atoms with van der Waals surface area (Å²) >= 11 is 0. The summed E-state index contributed by atoms with van der Waals surface area (Å²) in [6, 6.07) is 1.29. The van der Waals surface area contributed by atoms with Gasteiger partial charge in [-0.1, -0.05) is 0 Å². The summed E-state index contributed by atoms with van der Waals surface area (Å²) in [7, 11) is -4.51. The summed E-state index contributed by atoms with van der Waals surface area (Å²) in [6.07, 6.45) is 0. The Balaban J connectivity index is 2.89. The average molecular weight is 292 g/mol. The van der Waals surface area contributed by atoms with E-state index in [1.807, 2.05) is 0 Å². The molecule has 2 aromatic rings. The third-order valence-corrected chi connectivity index (χ3v) is 3.00. The molecular weight excluding hydrogens is 286 g/mol. The van der Waals surface area contributed by atoms with Crippen LogP contribution < -0.4 is 5.63 Å². The molecule has 102 valence electrons. The molecule has 6 nitrogen and oxygen atoms in total. The third kappa shape index (κ3) is 2.56. The standard InChI is InChI=1S/C10H6F2O6S/c11-6-2-5-4(3-19(15,16)17)1-7(13)18-10(5)8(12)9(6)14/h1-2,14H,3H2,(H,15,16,17).